The number of para-hydroxylation sites is 1. The van der Waals surface area contributed by atoms with Gasteiger partial charge in [0.25, 0.3) is 0 Å². The van der Waals surface area contributed by atoms with Gasteiger partial charge in [-0.15, -0.1) is 11.3 Å². The second-order valence-corrected chi connectivity index (χ2v) is 11.3. The normalized spacial score (nSPS) is 25.3. The molecular weight excluding hydrogens is 460 g/mol. The van der Waals surface area contributed by atoms with Crippen molar-refractivity contribution in [2.75, 3.05) is 18.2 Å². The Hall–Kier alpha value is -2.92. The SMILES string of the molecule is Cc1ccc([C@@H]2[C@H](c3cccs3)[C@@]3(CCCN([C@H](C)c4ccccc4)C3)ON2c2ccccc2)cc1. The van der Waals surface area contributed by atoms with Gasteiger partial charge in [-0.25, -0.2) is 5.06 Å². The van der Waals surface area contributed by atoms with Crippen molar-refractivity contribution >= 4 is 17.0 Å². The van der Waals surface area contributed by atoms with Crippen LogP contribution in [-0.2, 0) is 4.84 Å². The van der Waals surface area contributed by atoms with Gasteiger partial charge in [-0.2, -0.15) is 0 Å². The van der Waals surface area contributed by atoms with Crippen LogP contribution in [0, 0.1) is 6.92 Å². The number of anilines is 1. The van der Waals surface area contributed by atoms with Gasteiger partial charge in [-0.1, -0.05) is 84.4 Å². The summed E-state index contributed by atoms with van der Waals surface area (Å²) in [4.78, 5) is 11.3. The highest BCUT2D eigenvalue weighted by Crippen LogP contribution is 2.57. The van der Waals surface area contributed by atoms with Crippen LogP contribution in [0.5, 0.6) is 0 Å². The first-order valence-electron chi connectivity index (χ1n) is 13.1. The summed E-state index contributed by atoms with van der Waals surface area (Å²) in [6, 6.07) is 35.6. The fourth-order valence-electron chi connectivity index (χ4n) is 6.18. The Balaban J connectivity index is 1.45. The molecule has 2 saturated heterocycles. The Labute approximate surface area is 218 Å². The molecule has 0 bridgehead atoms. The fraction of sp³-hybridized carbons (Fsp3) is 0.312. The minimum atomic E-state index is -0.294. The summed E-state index contributed by atoms with van der Waals surface area (Å²) >= 11 is 1.87. The van der Waals surface area contributed by atoms with E-state index in [1.165, 1.54) is 21.6 Å². The molecule has 2 aliphatic rings. The Bertz CT molecular complexity index is 1260. The number of likely N-dealkylation sites (tertiary alicyclic amines) is 1. The maximum atomic E-state index is 7.22. The molecule has 1 spiro atoms. The summed E-state index contributed by atoms with van der Waals surface area (Å²) in [7, 11) is 0. The average Bonchev–Trinajstić information content (AvgIpc) is 3.56. The summed E-state index contributed by atoms with van der Waals surface area (Å²) in [5.74, 6) is 0.242. The van der Waals surface area contributed by atoms with Crippen molar-refractivity contribution in [3.05, 3.63) is 124 Å². The third kappa shape index (κ3) is 4.28. The van der Waals surface area contributed by atoms with E-state index in [1.54, 1.807) is 0 Å². The number of rotatable bonds is 5. The van der Waals surface area contributed by atoms with Crippen LogP contribution < -0.4 is 5.06 Å². The molecule has 6 rings (SSSR count). The van der Waals surface area contributed by atoms with Gasteiger partial charge < -0.3 is 0 Å². The largest absolute Gasteiger partial charge is 0.294 e. The number of hydrogen-bond donors (Lipinski definition) is 0. The van der Waals surface area contributed by atoms with E-state index in [2.05, 4.69) is 126 Å². The summed E-state index contributed by atoms with van der Waals surface area (Å²) < 4.78 is 0. The third-order valence-corrected chi connectivity index (χ3v) is 9.00. The Morgan fingerprint density at radius 3 is 2.31 bits per heavy atom. The Morgan fingerprint density at radius 2 is 1.61 bits per heavy atom. The van der Waals surface area contributed by atoms with Crippen molar-refractivity contribution in [3.8, 4) is 0 Å². The maximum absolute atomic E-state index is 7.22. The number of hydroxylamine groups is 1. The third-order valence-electron chi connectivity index (χ3n) is 8.04. The van der Waals surface area contributed by atoms with Gasteiger partial charge in [0.05, 0.1) is 17.6 Å². The molecule has 3 aromatic carbocycles. The van der Waals surface area contributed by atoms with Crippen molar-refractivity contribution in [1.29, 1.82) is 0 Å². The number of thiophene rings is 1. The van der Waals surface area contributed by atoms with Crippen LogP contribution in [0.1, 0.15) is 59.3 Å². The van der Waals surface area contributed by atoms with Gasteiger partial charge in [0.15, 0.2) is 0 Å². The van der Waals surface area contributed by atoms with E-state index in [-0.39, 0.29) is 17.6 Å². The first kappa shape index (κ1) is 23.5. The summed E-state index contributed by atoms with van der Waals surface area (Å²) in [5.41, 5.74) is 4.79. The van der Waals surface area contributed by atoms with Crippen LogP contribution in [0.4, 0.5) is 5.69 Å². The lowest BCUT2D eigenvalue weighted by molar-refractivity contribution is -0.0784. The molecule has 0 amide bonds. The highest BCUT2D eigenvalue weighted by molar-refractivity contribution is 7.10. The summed E-state index contributed by atoms with van der Waals surface area (Å²) in [6.45, 7) is 6.51. The second-order valence-electron chi connectivity index (χ2n) is 10.3. The van der Waals surface area contributed by atoms with E-state index >= 15 is 0 Å². The van der Waals surface area contributed by atoms with Crippen LogP contribution in [0.15, 0.2) is 102 Å². The molecule has 4 aromatic rings. The number of hydrogen-bond acceptors (Lipinski definition) is 4. The number of piperidine rings is 1. The highest BCUT2D eigenvalue weighted by Gasteiger charge is 2.57. The molecule has 36 heavy (non-hydrogen) atoms. The molecular formula is C32H34N2OS. The Kier molecular flexibility index (Phi) is 6.43. The van der Waals surface area contributed by atoms with Crippen LogP contribution >= 0.6 is 11.3 Å². The molecule has 0 radical (unpaired) electrons. The van der Waals surface area contributed by atoms with Gasteiger partial charge in [0, 0.05) is 17.5 Å². The minimum absolute atomic E-state index is 0.110. The number of aryl methyl sites for hydroxylation is 1. The van der Waals surface area contributed by atoms with Gasteiger partial charge >= 0.3 is 0 Å². The molecule has 1 aromatic heterocycles. The molecule has 0 saturated carbocycles. The van der Waals surface area contributed by atoms with Gasteiger partial charge in [0.2, 0.25) is 0 Å². The van der Waals surface area contributed by atoms with E-state index in [0.717, 1.165) is 31.6 Å². The van der Waals surface area contributed by atoms with Crippen LogP contribution in [0.2, 0.25) is 0 Å². The summed E-state index contributed by atoms with van der Waals surface area (Å²) in [6.07, 6.45) is 2.18. The Morgan fingerprint density at radius 1 is 0.889 bits per heavy atom. The zero-order chi connectivity index (χ0) is 24.5. The standard InChI is InChI=1S/C32H34N2OS/c1-24-16-18-27(19-17-24)31-30(29-15-9-22-36-29)32(35-34(31)28-13-7-4-8-14-28)20-10-21-33(23-32)25(2)26-11-5-3-6-12-26/h3-9,11-19,22,25,30-31H,10,20-21,23H2,1-2H3/t25-,30+,31-,32+/m1/s1. The van der Waals surface area contributed by atoms with E-state index in [4.69, 9.17) is 4.84 Å². The smallest absolute Gasteiger partial charge is 0.119 e. The number of benzene rings is 3. The monoisotopic (exact) mass is 494 g/mol. The van der Waals surface area contributed by atoms with Crippen LogP contribution in [0.3, 0.4) is 0 Å². The zero-order valence-corrected chi connectivity index (χ0v) is 21.9. The van der Waals surface area contributed by atoms with E-state index in [0.29, 0.717) is 6.04 Å². The van der Waals surface area contributed by atoms with E-state index < -0.39 is 0 Å². The predicted molar refractivity (Wildman–Crippen MR) is 149 cm³/mol. The van der Waals surface area contributed by atoms with Gasteiger partial charge in [0.1, 0.15) is 5.60 Å². The van der Waals surface area contributed by atoms with Crippen molar-refractivity contribution in [2.45, 2.75) is 50.3 Å². The molecule has 0 unspecified atom stereocenters. The fourth-order valence-corrected chi connectivity index (χ4v) is 7.14. The first-order chi connectivity index (χ1) is 17.6. The van der Waals surface area contributed by atoms with Crippen molar-refractivity contribution in [2.24, 2.45) is 0 Å². The van der Waals surface area contributed by atoms with Crippen LogP contribution in [0.25, 0.3) is 0 Å². The second kappa shape index (κ2) is 9.85. The average molecular weight is 495 g/mol. The van der Waals surface area contributed by atoms with Crippen molar-refractivity contribution < 1.29 is 4.84 Å². The van der Waals surface area contributed by atoms with E-state index in [9.17, 15) is 0 Å². The molecule has 4 atom stereocenters. The summed E-state index contributed by atoms with van der Waals surface area (Å²) in [5, 5.41) is 4.44. The maximum Gasteiger partial charge on any atom is 0.119 e. The molecule has 3 heterocycles. The van der Waals surface area contributed by atoms with Crippen molar-refractivity contribution in [3.63, 3.8) is 0 Å². The quantitative estimate of drug-likeness (QED) is 0.280. The molecule has 2 fully saturated rings. The molecule has 2 aliphatic heterocycles. The lowest BCUT2D eigenvalue weighted by Gasteiger charge is -2.44. The molecule has 0 N–H and O–H groups in total. The highest BCUT2D eigenvalue weighted by atomic mass is 32.1. The predicted octanol–water partition coefficient (Wildman–Crippen LogP) is 7.93. The minimum Gasteiger partial charge on any atom is -0.294 e. The number of nitrogens with zero attached hydrogens (tertiary/aromatic N) is 2. The molecule has 3 nitrogen and oxygen atoms in total. The first-order valence-corrected chi connectivity index (χ1v) is 13.9. The topological polar surface area (TPSA) is 15.7 Å². The van der Waals surface area contributed by atoms with Gasteiger partial charge in [-0.3, -0.25) is 9.74 Å². The zero-order valence-electron chi connectivity index (χ0n) is 21.1. The lowest BCUT2D eigenvalue weighted by atomic mass is 9.74. The van der Waals surface area contributed by atoms with E-state index in [1.807, 2.05) is 11.3 Å². The van der Waals surface area contributed by atoms with Crippen LogP contribution in [-0.4, -0.2) is 23.6 Å². The lowest BCUT2D eigenvalue weighted by Crippen LogP contribution is -2.51. The molecule has 184 valence electrons. The molecule has 0 aliphatic carbocycles. The van der Waals surface area contributed by atoms with Gasteiger partial charge in [-0.05, 0) is 67.9 Å². The molecule has 4 heteroatoms. The van der Waals surface area contributed by atoms with Crippen molar-refractivity contribution in [1.82, 2.24) is 4.90 Å².